The monoisotopic (exact) mass is 348 g/mol. The fourth-order valence-corrected chi connectivity index (χ4v) is 1.89. The molecule has 0 aliphatic rings. The summed E-state index contributed by atoms with van der Waals surface area (Å²) in [5.41, 5.74) is 1.14. The molecule has 5 heteroatoms. The molecule has 0 aliphatic carbocycles. The quantitative estimate of drug-likeness (QED) is 0.621. The van der Waals surface area contributed by atoms with Crippen LogP contribution >= 0.6 is 31.9 Å². The Kier molecular flexibility index (Phi) is 4.68. The van der Waals surface area contributed by atoms with E-state index in [9.17, 15) is 9.59 Å². The van der Waals surface area contributed by atoms with Crippen LogP contribution in [0.5, 0.6) is 0 Å². The van der Waals surface area contributed by atoms with E-state index in [4.69, 9.17) is 0 Å². The van der Waals surface area contributed by atoms with E-state index < -0.39 is 10.8 Å². The lowest BCUT2D eigenvalue weighted by Gasteiger charge is -2.09. The van der Waals surface area contributed by atoms with Gasteiger partial charge in [0.1, 0.15) is 5.78 Å². The van der Waals surface area contributed by atoms with Crippen molar-refractivity contribution in [1.82, 2.24) is 0 Å². The first-order valence-electron chi connectivity index (χ1n) is 4.49. The molecule has 0 amide bonds. The second-order valence-electron chi connectivity index (χ2n) is 3.20. The zero-order valence-electron chi connectivity index (χ0n) is 8.79. The van der Waals surface area contributed by atoms with Crippen LogP contribution in [0.1, 0.15) is 27.7 Å². The summed E-state index contributed by atoms with van der Waals surface area (Å²) in [5, 5.41) is 0. The maximum atomic E-state index is 11.4. The molecule has 1 aromatic carbocycles. The van der Waals surface area contributed by atoms with Crippen LogP contribution in [-0.2, 0) is 9.53 Å². The molecule has 0 spiro atoms. The number of benzene rings is 1. The molecule has 0 N–H and O–H groups in total. The minimum Gasteiger partial charge on any atom is -0.465 e. The lowest BCUT2D eigenvalue weighted by atomic mass is 10.1. The highest BCUT2D eigenvalue weighted by atomic mass is 79.9. The number of rotatable bonds is 3. The first-order chi connectivity index (χ1) is 7.47. The highest BCUT2D eigenvalue weighted by Gasteiger charge is 2.17. The molecule has 0 saturated carbocycles. The van der Waals surface area contributed by atoms with E-state index in [0.29, 0.717) is 10.0 Å². The minimum atomic E-state index is -0.433. The molecule has 0 aromatic heterocycles. The van der Waals surface area contributed by atoms with E-state index in [1.807, 2.05) is 0 Å². The van der Waals surface area contributed by atoms with Crippen LogP contribution in [0.15, 0.2) is 22.7 Å². The van der Waals surface area contributed by atoms with Crippen molar-refractivity contribution in [3.63, 3.8) is 0 Å². The van der Waals surface area contributed by atoms with Gasteiger partial charge in [0, 0.05) is 4.47 Å². The van der Waals surface area contributed by atoms with Crippen LogP contribution in [0.3, 0.4) is 0 Å². The van der Waals surface area contributed by atoms with Crippen molar-refractivity contribution < 1.29 is 14.3 Å². The van der Waals surface area contributed by atoms with Crippen LogP contribution < -0.4 is 0 Å². The Hall–Kier alpha value is -0.680. The number of methoxy groups -OCH3 is 1. The molecule has 16 heavy (non-hydrogen) atoms. The van der Waals surface area contributed by atoms with Gasteiger partial charge >= 0.3 is 5.97 Å². The first-order valence-corrected chi connectivity index (χ1v) is 6.20. The molecule has 3 nitrogen and oxygen atoms in total. The van der Waals surface area contributed by atoms with E-state index in [1.165, 1.54) is 14.0 Å². The number of esters is 1. The van der Waals surface area contributed by atoms with E-state index in [2.05, 4.69) is 36.6 Å². The fraction of sp³-hybridized carbons (Fsp3) is 0.273. The van der Waals surface area contributed by atoms with Gasteiger partial charge in [0.15, 0.2) is 0 Å². The number of Topliss-reactive ketones (excluding diaryl/α,β-unsaturated/α-hetero) is 1. The van der Waals surface area contributed by atoms with Crippen LogP contribution in [0.2, 0.25) is 0 Å². The highest BCUT2D eigenvalue weighted by molar-refractivity contribution is 9.10. The number of carbonyl (C=O) groups excluding carboxylic acids is 2. The number of ketones is 1. The number of halogens is 2. The molecule has 0 heterocycles. The average molecular weight is 350 g/mol. The molecule has 1 unspecified atom stereocenters. The summed E-state index contributed by atoms with van der Waals surface area (Å²) >= 11 is 6.52. The lowest BCUT2D eigenvalue weighted by Crippen LogP contribution is -2.06. The minimum absolute atomic E-state index is 0.0156. The zero-order valence-corrected chi connectivity index (χ0v) is 12.0. The zero-order chi connectivity index (χ0) is 12.3. The molecule has 1 atom stereocenters. The summed E-state index contributed by atoms with van der Waals surface area (Å²) in [6.07, 6.45) is 0. The summed E-state index contributed by atoms with van der Waals surface area (Å²) < 4.78 is 5.29. The predicted molar refractivity (Wildman–Crippen MR) is 67.8 cm³/mol. The predicted octanol–water partition coefficient (Wildman–Crippen LogP) is 3.26. The average Bonchev–Trinajstić information content (AvgIpc) is 2.27. The number of ether oxygens (including phenoxy) is 1. The summed E-state index contributed by atoms with van der Waals surface area (Å²) in [5.74, 6) is -0.449. The van der Waals surface area contributed by atoms with Gasteiger partial charge in [0.2, 0.25) is 0 Å². The van der Waals surface area contributed by atoms with Crippen molar-refractivity contribution in [3.8, 4) is 0 Å². The number of hydrogen-bond donors (Lipinski definition) is 0. The summed E-state index contributed by atoms with van der Waals surface area (Å²) in [4.78, 5) is 22.2. The molecule has 1 rings (SSSR count). The van der Waals surface area contributed by atoms with Gasteiger partial charge in [-0.3, -0.25) is 4.79 Å². The van der Waals surface area contributed by atoms with E-state index >= 15 is 0 Å². The van der Waals surface area contributed by atoms with Crippen molar-refractivity contribution in [2.75, 3.05) is 7.11 Å². The van der Waals surface area contributed by atoms with Crippen molar-refractivity contribution >= 4 is 43.6 Å². The molecule has 0 bridgehead atoms. The molecule has 0 saturated heterocycles. The maximum absolute atomic E-state index is 11.4. The lowest BCUT2D eigenvalue weighted by molar-refractivity contribution is -0.116. The first kappa shape index (κ1) is 13.4. The summed E-state index contributed by atoms with van der Waals surface area (Å²) in [6, 6.07) is 5.13. The Morgan fingerprint density at radius 3 is 2.50 bits per heavy atom. The van der Waals surface area contributed by atoms with Gasteiger partial charge in [-0.25, -0.2) is 4.79 Å². The van der Waals surface area contributed by atoms with Crippen LogP contribution in [0.4, 0.5) is 0 Å². The topological polar surface area (TPSA) is 43.4 Å². The van der Waals surface area contributed by atoms with Gasteiger partial charge in [-0.1, -0.05) is 22.0 Å². The normalized spacial score (nSPS) is 12.0. The number of alkyl halides is 1. The Morgan fingerprint density at radius 1 is 1.38 bits per heavy atom. The third kappa shape index (κ3) is 2.92. The van der Waals surface area contributed by atoms with Crippen molar-refractivity contribution in [2.45, 2.75) is 11.8 Å². The van der Waals surface area contributed by atoms with Crippen LogP contribution in [0, 0.1) is 0 Å². The van der Waals surface area contributed by atoms with E-state index in [-0.39, 0.29) is 5.78 Å². The molecule has 0 fully saturated rings. The molecular formula is C11H10Br2O3. The van der Waals surface area contributed by atoms with Crippen molar-refractivity contribution in [2.24, 2.45) is 0 Å². The van der Waals surface area contributed by atoms with Crippen LogP contribution in [0.25, 0.3) is 0 Å². The van der Waals surface area contributed by atoms with Crippen molar-refractivity contribution in [3.05, 3.63) is 33.8 Å². The van der Waals surface area contributed by atoms with Crippen molar-refractivity contribution in [1.29, 1.82) is 0 Å². The second-order valence-corrected chi connectivity index (χ2v) is 4.97. The molecule has 0 radical (unpaired) electrons. The molecule has 86 valence electrons. The standard InChI is InChI=1S/C11H10Br2O3/c1-6(14)10(13)7-3-4-9(12)8(5-7)11(15)16-2/h3-5,10H,1-2H3. The van der Waals surface area contributed by atoms with E-state index in [0.717, 1.165) is 5.56 Å². The van der Waals surface area contributed by atoms with E-state index in [1.54, 1.807) is 18.2 Å². The Labute approximate surface area is 110 Å². The highest BCUT2D eigenvalue weighted by Crippen LogP contribution is 2.28. The third-order valence-electron chi connectivity index (χ3n) is 2.05. The summed E-state index contributed by atoms with van der Waals surface area (Å²) in [6.45, 7) is 1.49. The Balaban J connectivity index is 3.17. The van der Waals surface area contributed by atoms with Gasteiger partial charge in [0.25, 0.3) is 0 Å². The maximum Gasteiger partial charge on any atom is 0.339 e. The summed E-state index contributed by atoms with van der Waals surface area (Å²) in [7, 11) is 1.32. The number of hydrogen-bond acceptors (Lipinski definition) is 3. The van der Waals surface area contributed by atoms with Gasteiger partial charge in [-0.15, -0.1) is 0 Å². The van der Waals surface area contributed by atoms with Gasteiger partial charge < -0.3 is 4.74 Å². The Bertz CT molecular complexity index is 429. The third-order valence-corrected chi connectivity index (χ3v) is 3.91. The molecular weight excluding hydrogens is 340 g/mol. The van der Waals surface area contributed by atoms with Gasteiger partial charge in [0.05, 0.1) is 17.5 Å². The van der Waals surface area contributed by atoms with Gasteiger partial charge in [-0.2, -0.15) is 0 Å². The van der Waals surface area contributed by atoms with Crippen LogP contribution in [-0.4, -0.2) is 18.9 Å². The second kappa shape index (κ2) is 5.59. The number of carbonyl (C=O) groups is 2. The SMILES string of the molecule is COC(=O)c1cc(C(Br)C(C)=O)ccc1Br. The molecule has 0 aliphatic heterocycles. The Morgan fingerprint density at radius 2 is 2.00 bits per heavy atom. The largest absolute Gasteiger partial charge is 0.465 e. The van der Waals surface area contributed by atoms with Gasteiger partial charge in [-0.05, 0) is 40.5 Å². The fourth-order valence-electron chi connectivity index (χ4n) is 1.20. The smallest absolute Gasteiger partial charge is 0.339 e. The molecule has 1 aromatic rings.